The molecule has 2 aromatic heterocycles. The Balaban J connectivity index is 1.65. The number of ether oxygens (including phenoxy) is 1. The summed E-state index contributed by atoms with van der Waals surface area (Å²) >= 11 is 0. The van der Waals surface area contributed by atoms with Gasteiger partial charge in [-0.25, -0.2) is 9.98 Å². The molecule has 4 aromatic rings. The van der Waals surface area contributed by atoms with Crippen LogP contribution in [0.2, 0.25) is 0 Å². The molecule has 2 aromatic carbocycles. The normalized spacial score (nSPS) is 14.9. The number of amidine groups is 1. The second-order valence-electron chi connectivity index (χ2n) is 6.82. The highest BCUT2D eigenvalue weighted by molar-refractivity contribution is 6.34. The van der Waals surface area contributed by atoms with Crippen molar-refractivity contribution in [2.45, 2.75) is 0 Å². The fourth-order valence-corrected chi connectivity index (χ4v) is 3.45. The molecule has 1 aliphatic heterocycles. The van der Waals surface area contributed by atoms with Gasteiger partial charge in [-0.05, 0) is 35.9 Å². The van der Waals surface area contributed by atoms with Gasteiger partial charge in [-0.2, -0.15) is 0 Å². The Kier molecular flexibility index (Phi) is 4.68. The number of rotatable bonds is 4. The van der Waals surface area contributed by atoms with Crippen LogP contribution in [-0.4, -0.2) is 33.8 Å². The van der Waals surface area contributed by atoms with E-state index in [1.165, 1.54) is 0 Å². The maximum Gasteiger partial charge on any atom is 0.282 e. The van der Waals surface area contributed by atoms with Crippen molar-refractivity contribution in [2.75, 3.05) is 12.0 Å². The molecule has 0 saturated heterocycles. The molecule has 7 nitrogen and oxygen atoms in total. The molecule has 0 saturated carbocycles. The lowest BCUT2D eigenvalue weighted by molar-refractivity contribution is -0.113. The number of para-hydroxylation sites is 1. The van der Waals surface area contributed by atoms with Crippen LogP contribution in [0.4, 0.5) is 5.69 Å². The zero-order valence-electron chi connectivity index (χ0n) is 16.6. The fraction of sp³-hybridized carbons (Fsp3) is 0.0417. The Morgan fingerprint density at radius 3 is 2.55 bits per heavy atom. The van der Waals surface area contributed by atoms with Gasteiger partial charge in [0.15, 0.2) is 5.84 Å². The molecule has 0 N–H and O–H groups in total. The second kappa shape index (κ2) is 7.79. The number of carbonyl (C=O) groups excluding carboxylic acids is 1. The van der Waals surface area contributed by atoms with Crippen molar-refractivity contribution >= 4 is 34.4 Å². The molecule has 0 fully saturated rings. The standard InChI is InChI=1S/C24H17N5O2/c1-31-18-9-7-16(8-10-18)14-19-24(30)29(23(28-19)20-15-25-12-13-26-20)21-6-2-4-17-5-3-11-27-22(17)21/h2-15H,1H3/b19-14+. The number of hydrogen-bond donors (Lipinski definition) is 0. The van der Waals surface area contributed by atoms with Crippen LogP contribution in [0.5, 0.6) is 5.75 Å². The van der Waals surface area contributed by atoms with Gasteiger partial charge in [-0.1, -0.05) is 30.3 Å². The molecule has 31 heavy (non-hydrogen) atoms. The van der Waals surface area contributed by atoms with Gasteiger partial charge in [0.05, 0.1) is 24.5 Å². The first kappa shape index (κ1) is 18.6. The Labute approximate surface area is 178 Å². The van der Waals surface area contributed by atoms with Gasteiger partial charge in [0.25, 0.3) is 5.91 Å². The minimum absolute atomic E-state index is 0.255. The number of fused-ring (bicyclic) bond motifs is 1. The lowest BCUT2D eigenvalue weighted by Gasteiger charge is -2.19. The highest BCUT2D eigenvalue weighted by atomic mass is 16.5. The van der Waals surface area contributed by atoms with Gasteiger partial charge in [0, 0.05) is 24.0 Å². The van der Waals surface area contributed by atoms with Crippen LogP contribution in [0.3, 0.4) is 0 Å². The van der Waals surface area contributed by atoms with Gasteiger partial charge >= 0.3 is 0 Å². The van der Waals surface area contributed by atoms with E-state index in [0.717, 1.165) is 16.7 Å². The molecule has 0 bridgehead atoms. The zero-order valence-corrected chi connectivity index (χ0v) is 16.6. The van der Waals surface area contributed by atoms with Crippen LogP contribution in [-0.2, 0) is 4.79 Å². The number of hydrogen-bond acceptors (Lipinski definition) is 6. The van der Waals surface area contributed by atoms with E-state index in [2.05, 4.69) is 19.9 Å². The highest BCUT2D eigenvalue weighted by Crippen LogP contribution is 2.31. The van der Waals surface area contributed by atoms with Crippen LogP contribution in [0.15, 0.2) is 90.1 Å². The van der Waals surface area contributed by atoms with E-state index in [0.29, 0.717) is 28.4 Å². The SMILES string of the molecule is COc1ccc(/C=C2/N=C(c3cnccn3)N(c3cccc4cccnc34)C2=O)cc1. The molecule has 1 aliphatic rings. The predicted molar refractivity (Wildman–Crippen MR) is 119 cm³/mol. The average Bonchev–Trinajstić information content (AvgIpc) is 3.15. The number of pyridine rings is 1. The molecule has 0 unspecified atom stereocenters. The Morgan fingerprint density at radius 2 is 1.77 bits per heavy atom. The smallest absolute Gasteiger partial charge is 0.282 e. The van der Waals surface area contributed by atoms with Crippen molar-refractivity contribution in [2.24, 2.45) is 4.99 Å². The van der Waals surface area contributed by atoms with E-state index in [1.807, 2.05) is 54.6 Å². The molecular weight excluding hydrogens is 390 g/mol. The quantitative estimate of drug-likeness (QED) is 0.480. The monoisotopic (exact) mass is 407 g/mol. The third kappa shape index (κ3) is 3.42. The van der Waals surface area contributed by atoms with Gasteiger partial charge < -0.3 is 4.74 Å². The Hall–Kier alpha value is -4.39. The Bertz CT molecular complexity index is 1330. The number of benzene rings is 2. The fourth-order valence-electron chi connectivity index (χ4n) is 3.45. The summed E-state index contributed by atoms with van der Waals surface area (Å²) in [6.07, 6.45) is 8.20. The third-order valence-electron chi connectivity index (χ3n) is 4.92. The summed E-state index contributed by atoms with van der Waals surface area (Å²) in [5, 5.41) is 0.930. The van der Waals surface area contributed by atoms with E-state index in [1.54, 1.807) is 42.9 Å². The summed E-state index contributed by atoms with van der Waals surface area (Å²) in [4.78, 5) is 32.7. The average molecular weight is 407 g/mol. The molecule has 0 radical (unpaired) electrons. The van der Waals surface area contributed by atoms with E-state index in [4.69, 9.17) is 4.74 Å². The summed E-state index contributed by atoms with van der Waals surface area (Å²) in [5.41, 5.74) is 3.00. The summed E-state index contributed by atoms with van der Waals surface area (Å²) < 4.78 is 5.21. The number of carbonyl (C=O) groups is 1. The summed E-state index contributed by atoms with van der Waals surface area (Å²) in [7, 11) is 1.61. The van der Waals surface area contributed by atoms with E-state index in [-0.39, 0.29) is 5.91 Å². The van der Waals surface area contributed by atoms with E-state index < -0.39 is 0 Å². The lowest BCUT2D eigenvalue weighted by Crippen LogP contribution is -2.33. The number of anilines is 1. The number of nitrogens with zero attached hydrogens (tertiary/aromatic N) is 5. The molecular formula is C24H17N5O2. The number of aliphatic imine (C=N–C) groups is 1. The Morgan fingerprint density at radius 1 is 0.935 bits per heavy atom. The van der Waals surface area contributed by atoms with Crippen molar-refractivity contribution in [3.63, 3.8) is 0 Å². The number of amides is 1. The molecule has 150 valence electrons. The van der Waals surface area contributed by atoms with Crippen LogP contribution in [0.25, 0.3) is 17.0 Å². The van der Waals surface area contributed by atoms with Gasteiger partial charge in [0.2, 0.25) is 0 Å². The summed E-state index contributed by atoms with van der Waals surface area (Å²) in [5.74, 6) is 0.901. The van der Waals surface area contributed by atoms with Crippen LogP contribution < -0.4 is 9.64 Å². The third-order valence-corrected chi connectivity index (χ3v) is 4.92. The number of aromatic nitrogens is 3. The maximum atomic E-state index is 13.5. The molecule has 3 heterocycles. The predicted octanol–water partition coefficient (Wildman–Crippen LogP) is 3.87. The second-order valence-corrected chi connectivity index (χ2v) is 6.82. The molecule has 0 aliphatic carbocycles. The van der Waals surface area contributed by atoms with Crippen molar-refractivity contribution < 1.29 is 9.53 Å². The molecule has 0 spiro atoms. The largest absolute Gasteiger partial charge is 0.497 e. The first-order chi connectivity index (χ1) is 15.2. The van der Waals surface area contributed by atoms with Crippen LogP contribution in [0.1, 0.15) is 11.3 Å². The minimum atomic E-state index is -0.255. The van der Waals surface area contributed by atoms with E-state index >= 15 is 0 Å². The van der Waals surface area contributed by atoms with Gasteiger partial charge in [0.1, 0.15) is 17.1 Å². The molecule has 0 atom stereocenters. The number of methoxy groups -OCH3 is 1. The summed E-state index contributed by atoms with van der Waals surface area (Å²) in [6.45, 7) is 0. The molecule has 1 amide bonds. The zero-order chi connectivity index (χ0) is 21.2. The first-order valence-electron chi connectivity index (χ1n) is 9.63. The molecule has 5 rings (SSSR count). The van der Waals surface area contributed by atoms with Crippen molar-refractivity contribution in [3.05, 3.63) is 96.3 Å². The van der Waals surface area contributed by atoms with Crippen LogP contribution >= 0.6 is 0 Å². The minimum Gasteiger partial charge on any atom is -0.497 e. The van der Waals surface area contributed by atoms with Crippen LogP contribution in [0, 0.1) is 0 Å². The maximum absolute atomic E-state index is 13.5. The highest BCUT2D eigenvalue weighted by Gasteiger charge is 2.34. The van der Waals surface area contributed by atoms with Crippen molar-refractivity contribution in [3.8, 4) is 5.75 Å². The van der Waals surface area contributed by atoms with Crippen molar-refractivity contribution in [1.29, 1.82) is 0 Å². The van der Waals surface area contributed by atoms with E-state index in [9.17, 15) is 4.79 Å². The molecule has 7 heteroatoms. The topological polar surface area (TPSA) is 80.6 Å². The van der Waals surface area contributed by atoms with Crippen molar-refractivity contribution in [1.82, 2.24) is 15.0 Å². The van der Waals surface area contributed by atoms with Gasteiger partial charge in [-0.15, -0.1) is 0 Å². The first-order valence-corrected chi connectivity index (χ1v) is 9.63. The van der Waals surface area contributed by atoms with Gasteiger partial charge in [-0.3, -0.25) is 19.7 Å². The lowest BCUT2D eigenvalue weighted by atomic mass is 10.1. The summed E-state index contributed by atoms with van der Waals surface area (Å²) in [6, 6.07) is 17.0.